The lowest BCUT2D eigenvalue weighted by atomic mass is 9.88. The maximum Gasteiger partial charge on any atom is 0.243 e. The van der Waals surface area contributed by atoms with Crippen molar-refractivity contribution < 1.29 is 13.2 Å². The van der Waals surface area contributed by atoms with Crippen molar-refractivity contribution in [2.75, 3.05) is 19.6 Å². The van der Waals surface area contributed by atoms with Gasteiger partial charge in [-0.3, -0.25) is 4.79 Å². The summed E-state index contributed by atoms with van der Waals surface area (Å²) in [7, 11) is -3.41. The number of nitrogens with zero attached hydrogens (tertiary/aromatic N) is 1. The zero-order valence-corrected chi connectivity index (χ0v) is 17.5. The summed E-state index contributed by atoms with van der Waals surface area (Å²) < 4.78 is 26.9. The molecule has 6 nitrogen and oxygen atoms in total. The number of carbonyl (C=O) groups is 1. The second kappa shape index (κ2) is 9.17. The van der Waals surface area contributed by atoms with E-state index in [4.69, 9.17) is 5.73 Å². The number of hydrogen-bond donors (Lipinski definition) is 2. The molecule has 1 aromatic carbocycles. The molecule has 1 aliphatic heterocycles. The highest BCUT2D eigenvalue weighted by molar-refractivity contribution is 7.89. The van der Waals surface area contributed by atoms with Crippen LogP contribution in [0.2, 0.25) is 0 Å². The zero-order valence-electron chi connectivity index (χ0n) is 16.7. The van der Waals surface area contributed by atoms with Crippen molar-refractivity contribution in [1.29, 1.82) is 0 Å². The molecule has 2 rings (SSSR count). The molecule has 1 aromatic rings. The minimum atomic E-state index is -3.41. The molecule has 1 atom stereocenters. The maximum absolute atomic E-state index is 12.7. The molecule has 0 aliphatic carbocycles. The van der Waals surface area contributed by atoms with E-state index >= 15 is 0 Å². The molecule has 0 spiro atoms. The first-order valence-corrected chi connectivity index (χ1v) is 11.2. The van der Waals surface area contributed by atoms with Crippen LogP contribution in [0.1, 0.15) is 52.0 Å². The quantitative estimate of drug-likeness (QED) is 0.706. The van der Waals surface area contributed by atoms with Crippen molar-refractivity contribution in [1.82, 2.24) is 9.62 Å². The third-order valence-electron chi connectivity index (χ3n) is 5.64. The highest BCUT2D eigenvalue weighted by Gasteiger charge is 2.28. The summed E-state index contributed by atoms with van der Waals surface area (Å²) in [5.41, 5.74) is 6.34. The van der Waals surface area contributed by atoms with Gasteiger partial charge in [0, 0.05) is 26.1 Å². The van der Waals surface area contributed by atoms with E-state index < -0.39 is 15.6 Å². The van der Waals surface area contributed by atoms with Crippen molar-refractivity contribution in [3.63, 3.8) is 0 Å². The normalized spacial score (nSPS) is 18.3. The molecule has 1 saturated heterocycles. The molecule has 1 heterocycles. The Balaban J connectivity index is 1.95. The zero-order chi connectivity index (χ0) is 20.1. The number of sulfonamides is 1. The van der Waals surface area contributed by atoms with Gasteiger partial charge in [-0.2, -0.15) is 4.31 Å². The Bertz CT molecular complexity index is 725. The predicted octanol–water partition coefficient (Wildman–Crippen LogP) is 2.28. The summed E-state index contributed by atoms with van der Waals surface area (Å²) >= 11 is 0. The van der Waals surface area contributed by atoms with Gasteiger partial charge in [0.15, 0.2) is 0 Å². The molecule has 0 saturated carbocycles. The maximum atomic E-state index is 12.7. The van der Waals surface area contributed by atoms with Crippen LogP contribution in [0.15, 0.2) is 29.2 Å². The van der Waals surface area contributed by atoms with Gasteiger partial charge in [-0.05, 0) is 49.8 Å². The molecule has 0 aromatic heterocycles. The number of nitrogens with one attached hydrogen (secondary N) is 1. The Kier molecular flexibility index (Phi) is 7.42. The van der Waals surface area contributed by atoms with Crippen LogP contribution >= 0.6 is 0 Å². The van der Waals surface area contributed by atoms with Crippen LogP contribution < -0.4 is 11.1 Å². The summed E-state index contributed by atoms with van der Waals surface area (Å²) in [6.45, 7) is 7.61. The Morgan fingerprint density at radius 2 is 1.78 bits per heavy atom. The van der Waals surface area contributed by atoms with E-state index in [0.29, 0.717) is 37.4 Å². The van der Waals surface area contributed by atoms with Gasteiger partial charge < -0.3 is 11.1 Å². The van der Waals surface area contributed by atoms with Crippen LogP contribution in [0, 0.1) is 5.92 Å². The van der Waals surface area contributed by atoms with E-state index in [9.17, 15) is 13.2 Å². The number of carbonyl (C=O) groups excluding carboxylic acids is 1. The highest BCUT2D eigenvalue weighted by atomic mass is 32.2. The van der Waals surface area contributed by atoms with Crippen molar-refractivity contribution in [2.45, 2.75) is 63.3 Å². The third-order valence-corrected chi connectivity index (χ3v) is 7.55. The van der Waals surface area contributed by atoms with E-state index in [2.05, 4.69) is 5.32 Å². The second-order valence-corrected chi connectivity index (χ2v) is 9.87. The summed E-state index contributed by atoms with van der Waals surface area (Å²) in [6.07, 6.45) is 3.84. The molecule has 27 heavy (non-hydrogen) atoms. The van der Waals surface area contributed by atoms with Gasteiger partial charge in [-0.25, -0.2) is 8.42 Å². The number of piperidine rings is 1. The van der Waals surface area contributed by atoms with Crippen LogP contribution in [0.25, 0.3) is 0 Å². The Morgan fingerprint density at radius 1 is 1.19 bits per heavy atom. The highest BCUT2D eigenvalue weighted by Crippen LogP contribution is 2.21. The van der Waals surface area contributed by atoms with Gasteiger partial charge in [0.1, 0.15) is 0 Å². The number of rotatable bonds is 8. The Hall–Kier alpha value is -1.44. The van der Waals surface area contributed by atoms with E-state index in [-0.39, 0.29) is 11.8 Å². The molecular weight excluding hydrogens is 362 g/mol. The topological polar surface area (TPSA) is 92.5 Å². The summed E-state index contributed by atoms with van der Waals surface area (Å²) in [6, 6.07) is 6.90. The first-order chi connectivity index (χ1) is 12.7. The van der Waals surface area contributed by atoms with Crippen molar-refractivity contribution in [2.24, 2.45) is 11.7 Å². The number of benzene rings is 1. The fraction of sp³-hybridized carbons (Fsp3) is 0.650. The predicted molar refractivity (Wildman–Crippen MR) is 108 cm³/mol. The van der Waals surface area contributed by atoms with Crippen LogP contribution in [0.5, 0.6) is 0 Å². The minimum absolute atomic E-state index is 0.0401. The van der Waals surface area contributed by atoms with Crippen LogP contribution in [-0.2, 0) is 21.2 Å². The standard InChI is InChI=1S/C20H33N3O3S/c1-16(2)20(3,15-21)22-19(24)12-9-17-7-10-18(11-8-17)27(25,26)23-13-5-4-6-14-23/h7-8,10-11,16H,4-6,9,12-15,21H2,1-3H3,(H,22,24). The number of aryl methyl sites for hydroxylation is 1. The van der Waals surface area contributed by atoms with E-state index in [1.54, 1.807) is 28.6 Å². The van der Waals surface area contributed by atoms with Gasteiger partial charge in [0.2, 0.25) is 15.9 Å². The summed E-state index contributed by atoms with van der Waals surface area (Å²) in [5, 5.41) is 3.02. The largest absolute Gasteiger partial charge is 0.349 e. The monoisotopic (exact) mass is 395 g/mol. The lowest BCUT2D eigenvalue weighted by molar-refractivity contribution is -0.123. The third kappa shape index (κ3) is 5.53. The SMILES string of the molecule is CC(C)C(C)(CN)NC(=O)CCc1ccc(S(=O)(=O)N2CCCCC2)cc1. The number of nitrogens with two attached hydrogens (primary N) is 1. The van der Waals surface area contributed by atoms with E-state index in [1.807, 2.05) is 20.8 Å². The lowest BCUT2D eigenvalue weighted by Crippen LogP contribution is -2.55. The average Bonchev–Trinajstić information content (AvgIpc) is 2.67. The lowest BCUT2D eigenvalue weighted by Gasteiger charge is -2.33. The molecule has 0 bridgehead atoms. The number of hydrogen-bond acceptors (Lipinski definition) is 4. The van der Waals surface area contributed by atoms with E-state index in [0.717, 1.165) is 24.8 Å². The van der Waals surface area contributed by atoms with Crippen molar-refractivity contribution in [3.8, 4) is 0 Å². The molecule has 0 radical (unpaired) electrons. The Morgan fingerprint density at radius 3 is 2.30 bits per heavy atom. The van der Waals surface area contributed by atoms with Gasteiger partial charge >= 0.3 is 0 Å². The molecule has 1 fully saturated rings. The molecule has 7 heteroatoms. The van der Waals surface area contributed by atoms with Crippen LogP contribution in [-0.4, -0.2) is 43.8 Å². The van der Waals surface area contributed by atoms with Gasteiger partial charge in [-0.1, -0.05) is 32.4 Å². The van der Waals surface area contributed by atoms with Crippen molar-refractivity contribution in [3.05, 3.63) is 29.8 Å². The van der Waals surface area contributed by atoms with Crippen LogP contribution in [0.3, 0.4) is 0 Å². The second-order valence-electron chi connectivity index (χ2n) is 7.93. The van der Waals surface area contributed by atoms with E-state index in [1.165, 1.54) is 0 Å². The molecule has 1 amide bonds. The molecular formula is C20H33N3O3S. The fourth-order valence-electron chi connectivity index (χ4n) is 3.15. The Labute approximate surface area is 163 Å². The minimum Gasteiger partial charge on any atom is -0.349 e. The summed E-state index contributed by atoms with van der Waals surface area (Å²) in [5.74, 6) is 0.201. The van der Waals surface area contributed by atoms with Gasteiger partial charge in [0.05, 0.1) is 10.4 Å². The van der Waals surface area contributed by atoms with Gasteiger partial charge in [-0.15, -0.1) is 0 Å². The van der Waals surface area contributed by atoms with Crippen LogP contribution in [0.4, 0.5) is 0 Å². The average molecular weight is 396 g/mol. The van der Waals surface area contributed by atoms with Crippen molar-refractivity contribution >= 4 is 15.9 Å². The molecule has 3 N–H and O–H groups in total. The smallest absolute Gasteiger partial charge is 0.243 e. The first-order valence-electron chi connectivity index (χ1n) is 9.79. The fourth-order valence-corrected chi connectivity index (χ4v) is 4.67. The molecule has 152 valence electrons. The first kappa shape index (κ1) is 21.9. The number of amides is 1. The molecule has 1 aliphatic rings. The van der Waals surface area contributed by atoms with Gasteiger partial charge in [0.25, 0.3) is 0 Å². The summed E-state index contributed by atoms with van der Waals surface area (Å²) in [4.78, 5) is 12.6. The molecule has 1 unspecified atom stereocenters.